The van der Waals surface area contributed by atoms with Crippen LogP contribution in [0.3, 0.4) is 0 Å². The quantitative estimate of drug-likeness (QED) is 0.644. The van der Waals surface area contributed by atoms with Crippen molar-refractivity contribution in [3.05, 3.63) is 53.1 Å². The van der Waals surface area contributed by atoms with Crippen molar-refractivity contribution < 1.29 is 23.0 Å². The largest absolute Gasteiger partial charge is 0.465 e. The Morgan fingerprint density at radius 3 is 2.19 bits per heavy atom. The van der Waals surface area contributed by atoms with E-state index in [1.54, 1.807) is 6.07 Å². The second-order valence-corrected chi connectivity index (χ2v) is 7.14. The van der Waals surface area contributed by atoms with Gasteiger partial charge in [-0.15, -0.1) is 0 Å². The van der Waals surface area contributed by atoms with Crippen molar-refractivity contribution in [3.8, 4) is 5.75 Å². The summed E-state index contributed by atoms with van der Waals surface area (Å²) in [5, 5.41) is 3.20. The number of anilines is 2. The second-order valence-electron chi connectivity index (χ2n) is 7.14. The number of rotatable bonds is 7. The third kappa shape index (κ3) is 4.21. The molecular formula is C21H21F2NO3. The first-order valence-electron chi connectivity index (χ1n) is 9.12. The summed E-state index contributed by atoms with van der Waals surface area (Å²) in [6, 6.07) is 10.8. The maximum absolute atomic E-state index is 12.8. The van der Waals surface area contributed by atoms with Gasteiger partial charge in [0.05, 0.1) is 18.4 Å². The fraction of sp³-hybridized carbons (Fsp3) is 0.381. The fourth-order valence-electron chi connectivity index (χ4n) is 3.27. The molecule has 4 nitrogen and oxygen atoms in total. The first-order chi connectivity index (χ1) is 13.0. The molecule has 142 valence electrons. The van der Waals surface area contributed by atoms with Crippen LogP contribution in [0.4, 0.5) is 20.2 Å². The highest BCUT2D eigenvalue weighted by Crippen LogP contribution is 2.46. The highest BCUT2D eigenvalue weighted by atomic mass is 19.3. The Morgan fingerprint density at radius 2 is 1.67 bits per heavy atom. The van der Waals surface area contributed by atoms with Gasteiger partial charge in [0, 0.05) is 5.69 Å². The first kappa shape index (κ1) is 17.8. The molecule has 2 aromatic rings. The van der Waals surface area contributed by atoms with Crippen LogP contribution in [0.25, 0.3) is 0 Å². The van der Waals surface area contributed by atoms with Crippen molar-refractivity contribution in [1.29, 1.82) is 0 Å². The number of benzene rings is 2. The van der Waals surface area contributed by atoms with Crippen LogP contribution in [0.2, 0.25) is 0 Å². The normalized spacial score (nSPS) is 16.3. The zero-order valence-electron chi connectivity index (χ0n) is 15.0. The Kier molecular flexibility index (Phi) is 4.72. The molecule has 2 aromatic carbocycles. The molecule has 0 atom stereocenters. The molecule has 0 bridgehead atoms. The minimum atomic E-state index is -2.99. The summed E-state index contributed by atoms with van der Waals surface area (Å²) >= 11 is 0. The summed E-state index contributed by atoms with van der Waals surface area (Å²) in [7, 11) is 1.24. The van der Waals surface area contributed by atoms with Gasteiger partial charge < -0.3 is 14.8 Å². The molecule has 27 heavy (non-hydrogen) atoms. The van der Waals surface area contributed by atoms with Crippen LogP contribution in [-0.2, 0) is 4.74 Å². The van der Waals surface area contributed by atoms with Gasteiger partial charge in [0.1, 0.15) is 5.75 Å². The third-order valence-electron chi connectivity index (χ3n) is 4.97. The molecule has 0 radical (unpaired) electrons. The van der Waals surface area contributed by atoms with Gasteiger partial charge in [-0.1, -0.05) is 6.07 Å². The van der Waals surface area contributed by atoms with E-state index in [-0.39, 0.29) is 11.3 Å². The van der Waals surface area contributed by atoms with Crippen molar-refractivity contribution in [3.63, 3.8) is 0 Å². The van der Waals surface area contributed by atoms with Gasteiger partial charge in [-0.2, -0.15) is 8.78 Å². The molecule has 2 saturated carbocycles. The van der Waals surface area contributed by atoms with E-state index in [1.807, 2.05) is 0 Å². The Labute approximate surface area is 156 Å². The molecule has 6 heteroatoms. The summed E-state index contributed by atoms with van der Waals surface area (Å²) < 4.78 is 35.0. The number of halogens is 2. The van der Waals surface area contributed by atoms with Crippen molar-refractivity contribution in [2.45, 2.75) is 44.1 Å². The molecule has 0 saturated heterocycles. The number of hydrogen-bond donors (Lipinski definition) is 1. The molecule has 2 aliphatic rings. The van der Waals surface area contributed by atoms with Gasteiger partial charge in [-0.3, -0.25) is 0 Å². The van der Waals surface area contributed by atoms with Gasteiger partial charge in [-0.25, -0.2) is 4.79 Å². The number of carbonyl (C=O) groups excluding carboxylic acids is 1. The van der Waals surface area contributed by atoms with E-state index in [2.05, 4.69) is 33.0 Å². The number of carbonyl (C=O) groups is 1. The maximum atomic E-state index is 12.8. The summed E-state index contributed by atoms with van der Waals surface area (Å²) in [5.41, 5.74) is 3.99. The van der Waals surface area contributed by atoms with Crippen LogP contribution >= 0.6 is 0 Å². The number of nitrogens with one attached hydrogen (secondary N) is 1. The van der Waals surface area contributed by atoms with E-state index in [9.17, 15) is 13.6 Å². The highest BCUT2D eigenvalue weighted by molar-refractivity contribution is 5.91. The zero-order valence-corrected chi connectivity index (χ0v) is 15.0. The molecule has 4 rings (SSSR count). The lowest BCUT2D eigenvalue weighted by Gasteiger charge is -2.16. The Balaban J connectivity index is 1.65. The van der Waals surface area contributed by atoms with E-state index in [0.29, 0.717) is 17.5 Å². The standard InChI is InChI=1S/C21H21F2NO3/c1-26-20(25)14-6-7-18(19(11-14)27-21(22)23)24-17-9-15(12-2-3-12)8-16(10-17)13-4-5-13/h6-13,21,24H,2-5H2,1H3. The minimum Gasteiger partial charge on any atom is -0.465 e. The molecule has 1 N–H and O–H groups in total. The third-order valence-corrected chi connectivity index (χ3v) is 4.97. The number of methoxy groups -OCH3 is 1. The zero-order chi connectivity index (χ0) is 19.0. The number of esters is 1. The van der Waals surface area contributed by atoms with Crippen LogP contribution in [-0.4, -0.2) is 19.7 Å². The summed E-state index contributed by atoms with van der Waals surface area (Å²) in [5.74, 6) is 0.510. The van der Waals surface area contributed by atoms with E-state index in [4.69, 9.17) is 0 Å². The van der Waals surface area contributed by atoms with E-state index in [1.165, 1.54) is 56.1 Å². The van der Waals surface area contributed by atoms with E-state index >= 15 is 0 Å². The van der Waals surface area contributed by atoms with E-state index < -0.39 is 12.6 Å². The van der Waals surface area contributed by atoms with Crippen molar-refractivity contribution in [2.24, 2.45) is 0 Å². The number of hydrogen-bond acceptors (Lipinski definition) is 4. The maximum Gasteiger partial charge on any atom is 0.387 e. The number of ether oxygens (including phenoxy) is 2. The van der Waals surface area contributed by atoms with Crippen LogP contribution < -0.4 is 10.1 Å². The SMILES string of the molecule is COC(=O)c1ccc(Nc2cc(C3CC3)cc(C3CC3)c2)c(OC(F)F)c1. The van der Waals surface area contributed by atoms with Crippen LogP contribution in [0.1, 0.15) is 59.0 Å². The first-order valence-corrected chi connectivity index (χ1v) is 9.12. The van der Waals surface area contributed by atoms with Crippen LogP contribution in [0.15, 0.2) is 36.4 Å². The molecule has 0 aromatic heterocycles. The average Bonchev–Trinajstić information content (AvgIpc) is 3.54. The minimum absolute atomic E-state index is 0.0855. The molecule has 0 amide bonds. The van der Waals surface area contributed by atoms with Gasteiger partial charge in [0.25, 0.3) is 0 Å². The Morgan fingerprint density at radius 1 is 1.04 bits per heavy atom. The van der Waals surface area contributed by atoms with Gasteiger partial charge in [0.2, 0.25) is 0 Å². The van der Waals surface area contributed by atoms with Crippen LogP contribution in [0, 0.1) is 0 Å². The van der Waals surface area contributed by atoms with E-state index in [0.717, 1.165) is 5.69 Å². The second kappa shape index (κ2) is 7.18. The van der Waals surface area contributed by atoms with Gasteiger partial charge in [-0.05, 0) is 79.0 Å². The summed E-state index contributed by atoms with van der Waals surface area (Å²) in [6.45, 7) is -2.99. The lowest BCUT2D eigenvalue weighted by Crippen LogP contribution is -2.07. The molecule has 0 spiro atoms. The molecule has 0 aliphatic heterocycles. The van der Waals surface area contributed by atoms with Gasteiger partial charge >= 0.3 is 12.6 Å². The Hall–Kier alpha value is -2.63. The molecule has 2 aliphatic carbocycles. The topological polar surface area (TPSA) is 47.6 Å². The molecule has 2 fully saturated rings. The molecule has 0 heterocycles. The van der Waals surface area contributed by atoms with Gasteiger partial charge in [0.15, 0.2) is 0 Å². The average molecular weight is 373 g/mol. The summed E-state index contributed by atoms with van der Waals surface area (Å²) in [4.78, 5) is 11.7. The molecular weight excluding hydrogens is 352 g/mol. The predicted octanol–water partition coefficient (Wildman–Crippen LogP) is 5.57. The molecule has 0 unspecified atom stereocenters. The van der Waals surface area contributed by atoms with Crippen molar-refractivity contribution >= 4 is 17.3 Å². The van der Waals surface area contributed by atoms with Crippen LogP contribution in [0.5, 0.6) is 5.75 Å². The Bertz CT molecular complexity index is 830. The lowest BCUT2D eigenvalue weighted by molar-refractivity contribution is -0.0494. The smallest absolute Gasteiger partial charge is 0.387 e. The number of alkyl halides is 2. The van der Waals surface area contributed by atoms with Crippen molar-refractivity contribution in [1.82, 2.24) is 0 Å². The highest BCUT2D eigenvalue weighted by Gasteiger charge is 2.28. The van der Waals surface area contributed by atoms with Crippen molar-refractivity contribution in [2.75, 3.05) is 12.4 Å². The fourth-order valence-corrected chi connectivity index (χ4v) is 3.27. The lowest BCUT2D eigenvalue weighted by atomic mass is 10.0. The predicted molar refractivity (Wildman–Crippen MR) is 98.1 cm³/mol. The summed E-state index contributed by atoms with van der Waals surface area (Å²) in [6.07, 6.45) is 4.78. The monoisotopic (exact) mass is 373 g/mol.